The molecule has 2 aromatic heterocycles. The second-order valence-corrected chi connectivity index (χ2v) is 6.05. The molecule has 0 fully saturated rings. The number of aromatic nitrogens is 4. The van der Waals surface area contributed by atoms with Crippen molar-refractivity contribution in [3.8, 4) is 28.8 Å². The van der Waals surface area contributed by atoms with Gasteiger partial charge in [0.05, 0.1) is 17.1 Å². The summed E-state index contributed by atoms with van der Waals surface area (Å²) in [7, 11) is 1.62. The summed E-state index contributed by atoms with van der Waals surface area (Å²) < 4.78 is 13.8. The highest BCUT2D eigenvalue weighted by atomic mass is 79.9. The fourth-order valence-corrected chi connectivity index (χ4v) is 2.83. The van der Waals surface area contributed by atoms with E-state index in [2.05, 4.69) is 31.2 Å². The molecule has 4 aromatic rings. The summed E-state index contributed by atoms with van der Waals surface area (Å²) in [6.07, 6.45) is 0. The Morgan fingerprint density at radius 3 is 2.44 bits per heavy atom. The number of fused-ring (bicyclic) bond motifs is 1. The van der Waals surface area contributed by atoms with Gasteiger partial charge in [-0.1, -0.05) is 24.3 Å². The molecule has 0 spiro atoms. The fraction of sp³-hybridized carbons (Fsp3) is 0.0556. The molecule has 0 amide bonds. The summed E-state index contributed by atoms with van der Waals surface area (Å²) in [6.45, 7) is 0. The molecule has 2 aromatic carbocycles. The Hall–Kier alpha value is -2.93. The number of nitrogens with zero attached hydrogens (tertiary/aromatic N) is 4. The molecule has 0 aliphatic carbocycles. The molecule has 0 saturated carbocycles. The van der Waals surface area contributed by atoms with E-state index in [4.69, 9.17) is 9.47 Å². The molecule has 4 rings (SSSR count). The van der Waals surface area contributed by atoms with Crippen molar-refractivity contribution in [2.75, 3.05) is 7.11 Å². The Morgan fingerprint density at radius 1 is 0.880 bits per heavy atom. The predicted octanol–water partition coefficient (Wildman–Crippen LogP) is 4.35. The molecule has 0 N–H and O–H groups in total. The highest BCUT2D eigenvalue weighted by Gasteiger charge is 2.14. The smallest absolute Gasteiger partial charge is 0.237 e. The summed E-state index contributed by atoms with van der Waals surface area (Å²) in [5.74, 6) is 2.41. The monoisotopic (exact) mass is 396 g/mol. The zero-order chi connectivity index (χ0) is 17.2. The number of benzene rings is 2. The minimum atomic E-state index is 0.440. The molecule has 0 atom stereocenters. The lowest BCUT2D eigenvalue weighted by atomic mass is 10.2. The van der Waals surface area contributed by atoms with Crippen LogP contribution in [0.15, 0.2) is 65.1 Å². The van der Waals surface area contributed by atoms with E-state index in [1.165, 1.54) is 0 Å². The van der Waals surface area contributed by atoms with Crippen molar-refractivity contribution in [2.45, 2.75) is 0 Å². The third-order valence-electron chi connectivity index (χ3n) is 3.64. The second-order valence-electron chi connectivity index (χ2n) is 5.20. The lowest BCUT2D eigenvalue weighted by Crippen LogP contribution is -1.99. The van der Waals surface area contributed by atoms with E-state index in [-0.39, 0.29) is 0 Å². The number of rotatable bonds is 4. The predicted molar refractivity (Wildman–Crippen MR) is 97.0 cm³/mol. The first-order chi connectivity index (χ1) is 12.3. The Kier molecular flexibility index (Phi) is 4.07. The minimum Gasteiger partial charge on any atom is -0.496 e. The van der Waals surface area contributed by atoms with Crippen LogP contribution in [0.5, 0.6) is 17.4 Å². The van der Waals surface area contributed by atoms with Crippen LogP contribution in [-0.2, 0) is 0 Å². The van der Waals surface area contributed by atoms with Crippen LogP contribution >= 0.6 is 15.9 Å². The van der Waals surface area contributed by atoms with Gasteiger partial charge in [-0.25, -0.2) is 0 Å². The Labute approximate surface area is 152 Å². The molecule has 0 aliphatic heterocycles. The molecule has 0 aliphatic rings. The molecule has 0 saturated heterocycles. The summed E-state index contributed by atoms with van der Waals surface area (Å²) in [4.78, 5) is 0. The van der Waals surface area contributed by atoms with E-state index in [0.717, 1.165) is 10.0 Å². The number of para-hydroxylation sites is 2. The molecule has 124 valence electrons. The first-order valence-corrected chi connectivity index (χ1v) is 8.34. The van der Waals surface area contributed by atoms with Gasteiger partial charge in [-0.15, -0.1) is 15.3 Å². The van der Waals surface area contributed by atoms with Gasteiger partial charge in [0, 0.05) is 6.07 Å². The molecule has 25 heavy (non-hydrogen) atoms. The Bertz CT molecular complexity index is 1050. The van der Waals surface area contributed by atoms with E-state index in [9.17, 15) is 0 Å². The van der Waals surface area contributed by atoms with Crippen LogP contribution in [0.4, 0.5) is 0 Å². The molecular weight excluding hydrogens is 384 g/mol. The average Bonchev–Trinajstić information content (AvgIpc) is 3.06. The lowest BCUT2D eigenvalue weighted by molar-refractivity contribution is 0.416. The number of hydrogen-bond donors (Lipinski definition) is 0. The molecule has 0 bridgehead atoms. The maximum absolute atomic E-state index is 5.87. The van der Waals surface area contributed by atoms with Gasteiger partial charge in [0.1, 0.15) is 11.5 Å². The number of halogens is 1. The average molecular weight is 397 g/mol. The third kappa shape index (κ3) is 2.94. The van der Waals surface area contributed by atoms with Crippen molar-refractivity contribution in [3.63, 3.8) is 0 Å². The maximum Gasteiger partial charge on any atom is 0.237 e. The first-order valence-electron chi connectivity index (χ1n) is 7.54. The highest BCUT2D eigenvalue weighted by molar-refractivity contribution is 9.10. The van der Waals surface area contributed by atoms with Gasteiger partial charge in [-0.3, -0.25) is 0 Å². The fourth-order valence-electron chi connectivity index (χ4n) is 2.46. The van der Waals surface area contributed by atoms with E-state index in [0.29, 0.717) is 28.9 Å². The van der Waals surface area contributed by atoms with Crippen LogP contribution in [0, 0.1) is 0 Å². The molecule has 2 heterocycles. The van der Waals surface area contributed by atoms with Gasteiger partial charge in [0.15, 0.2) is 11.5 Å². The van der Waals surface area contributed by atoms with E-state index in [1.807, 2.05) is 54.6 Å². The zero-order valence-electron chi connectivity index (χ0n) is 13.3. The molecule has 0 unspecified atom stereocenters. The summed E-state index contributed by atoms with van der Waals surface area (Å²) in [5, 5.41) is 12.9. The van der Waals surface area contributed by atoms with Crippen LogP contribution in [0.2, 0.25) is 0 Å². The van der Waals surface area contributed by atoms with Gasteiger partial charge in [-0.05, 0) is 46.3 Å². The van der Waals surface area contributed by atoms with E-state index in [1.54, 1.807) is 17.7 Å². The van der Waals surface area contributed by atoms with Crippen LogP contribution in [0.1, 0.15) is 0 Å². The topological polar surface area (TPSA) is 61.5 Å². The quantitative estimate of drug-likeness (QED) is 0.512. The molecule has 0 radical (unpaired) electrons. The van der Waals surface area contributed by atoms with Crippen LogP contribution < -0.4 is 9.47 Å². The maximum atomic E-state index is 5.87. The Morgan fingerprint density at radius 2 is 1.64 bits per heavy atom. The largest absolute Gasteiger partial charge is 0.496 e. The summed E-state index contributed by atoms with van der Waals surface area (Å²) in [5.41, 5.74) is 1.43. The molecular formula is C18H13BrN4O2. The van der Waals surface area contributed by atoms with Crippen LogP contribution in [-0.4, -0.2) is 26.9 Å². The second kappa shape index (κ2) is 6.52. The molecule has 7 heteroatoms. The van der Waals surface area contributed by atoms with Crippen molar-refractivity contribution < 1.29 is 9.47 Å². The van der Waals surface area contributed by atoms with Gasteiger partial charge >= 0.3 is 0 Å². The standard InChI is InChI=1S/C18H13BrN4O2/c1-24-14-8-4-2-6-12(14)18-21-20-16-10-11-17(22-23(16)18)25-15-9-5-3-7-13(15)19/h2-11H,1H3. The van der Waals surface area contributed by atoms with Gasteiger partial charge < -0.3 is 9.47 Å². The number of ether oxygens (including phenoxy) is 2. The van der Waals surface area contributed by atoms with Crippen molar-refractivity contribution in [1.29, 1.82) is 0 Å². The minimum absolute atomic E-state index is 0.440. The normalized spacial score (nSPS) is 10.8. The summed E-state index contributed by atoms with van der Waals surface area (Å²) in [6, 6.07) is 18.8. The zero-order valence-corrected chi connectivity index (χ0v) is 14.8. The van der Waals surface area contributed by atoms with Gasteiger partial charge in [0.2, 0.25) is 5.88 Å². The van der Waals surface area contributed by atoms with Gasteiger partial charge in [0.25, 0.3) is 0 Å². The third-order valence-corrected chi connectivity index (χ3v) is 4.29. The van der Waals surface area contributed by atoms with E-state index >= 15 is 0 Å². The number of hydrogen-bond acceptors (Lipinski definition) is 5. The van der Waals surface area contributed by atoms with Gasteiger partial charge in [-0.2, -0.15) is 4.52 Å². The van der Waals surface area contributed by atoms with E-state index < -0.39 is 0 Å². The number of methoxy groups -OCH3 is 1. The molecule has 6 nitrogen and oxygen atoms in total. The SMILES string of the molecule is COc1ccccc1-c1nnc2ccc(Oc3ccccc3Br)nn12. The van der Waals surface area contributed by atoms with Crippen molar-refractivity contribution in [2.24, 2.45) is 0 Å². The van der Waals surface area contributed by atoms with Crippen molar-refractivity contribution in [3.05, 3.63) is 65.1 Å². The summed E-state index contributed by atoms with van der Waals surface area (Å²) >= 11 is 3.47. The van der Waals surface area contributed by atoms with Crippen LogP contribution in [0.25, 0.3) is 17.0 Å². The lowest BCUT2D eigenvalue weighted by Gasteiger charge is -2.08. The van der Waals surface area contributed by atoms with Crippen molar-refractivity contribution in [1.82, 2.24) is 19.8 Å². The van der Waals surface area contributed by atoms with Crippen LogP contribution in [0.3, 0.4) is 0 Å². The Balaban J connectivity index is 1.79. The van der Waals surface area contributed by atoms with Crippen molar-refractivity contribution >= 4 is 21.6 Å². The first kappa shape index (κ1) is 15.6. The highest BCUT2D eigenvalue weighted by Crippen LogP contribution is 2.30.